The van der Waals surface area contributed by atoms with Gasteiger partial charge in [0.05, 0.1) is 12.3 Å². The summed E-state index contributed by atoms with van der Waals surface area (Å²) in [6.07, 6.45) is 3.48. The standard InChI is InChI=1S/C15H20N2O3/c16-11-5-3-4-10(8-11)9-14(18)17-13-7-2-1-6-12(13)15(19)20/h3-5,8,12-13H,1-2,6-7,9,16H2,(H,17,18)(H,19,20). The molecule has 20 heavy (non-hydrogen) atoms. The minimum absolute atomic E-state index is 0.145. The van der Waals surface area contributed by atoms with E-state index in [1.54, 1.807) is 18.2 Å². The second-order valence-electron chi connectivity index (χ2n) is 5.33. The Kier molecular flexibility index (Phi) is 4.61. The van der Waals surface area contributed by atoms with Crippen molar-refractivity contribution >= 4 is 17.6 Å². The molecule has 1 fully saturated rings. The van der Waals surface area contributed by atoms with E-state index in [0.29, 0.717) is 12.1 Å². The lowest BCUT2D eigenvalue weighted by molar-refractivity contribution is -0.144. The largest absolute Gasteiger partial charge is 0.481 e. The molecule has 2 unspecified atom stereocenters. The minimum atomic E-state index is -0.820. The highest BCUT2D eigenvalue weighted by Crippen LogP contribution is 2.24. The number of carboxylic acids is 1. The fraction of sp³-hybridized carbons (Fsp3) is 0.467. The normalized spacial score (nSPS) is 22.2. The molecular weight excluding hydrogens is 256 g/mol. The Hall–Kier alpha value is -2.04. The number of aliphatic carboxylic acids is 1. The van der Waals surface area contributed by atoms with E-state index in [-0.39, 0.29) is 18.4 Å². The van der Waals surface area contributed by atoms with Crippen LogP contribution in [0.2, 0.25) is 0 Å². The molecule has 1 aliphatic carbocycles. The third-order valence-corrected chi connectivity index (χ3v) is 3.75. The van der Waals surface area contributed by atoms with E-state index in [9.17, 15) is 14.7 Å². The van der Waals surface area contributed by atoms with Crippen LogP contribution in [0.4, 0.5) is 5.69 Å². The molecule has 1 aromatic rings. The van der Waals surface area contributed by atoms with E-state index in [2.05, 4.69) is 5.32 Å². The number of rotatable bonds is 4. The van der Waals surface area contributed by atoms with Gasteiger partial charge in [-0.3, -0.25) is 9.59 Å². The SMILES string of the molecule is Nc1cccc(CC(=O)NC2CCCCC2C(=O)O)c1. The molecular formula is C15H20N2O3. The zero-order valence-electron chi connectivity index (χ0n) is 11.3. The van der Waals surface area contributed by atoms with Gasteiger partial charge in [0.15, 0.2) is 0 Å². The number of nitrogens with one attached hydrogen (secondary N) is 1. The molecule has 0 aliphatic heterocycles. The zero-order chi connectivity index (χ0) is 14.5. The fourth-order valence-corrected chi connectivity index (χ4v) is 2.75. The van der Waals surface area contributed by atoms with Crippen LogP contribution in [0.15, 0.2) is 24.3 Å². The first kappa shape index (κ1) is 14.4. The zero-order valence-corrected chi connectivity index (χ0v) is 11.3. The van der Waals surface area contributed by atoms with Crippen LogP contribution in [0, 0.1) is 5.92 Å². The molecule has 4 N–H and O–H groups in total. The van der Waals surface area contributed by atoms with Crippen molar-refractivity contribution in [2.45, 2.75) is 38.1 Å². The van der Waals surface area contributed by atoms with E-state index in [4.69, 9.17) is 5.73 Å². The lowest BCUT2D eigenvalue weighted by atomic mass is 9.84. The van der Waals surface area contributed by atoms with E-state index < -0.39 is 11.9 Å². The summed E-state index contributed by atoms with van der Waals surface area (Å²) in [4.78, 5) is 23.2. The van der Waals surface area contributed by atoms with Crippen LogP contribution in [0.25, 0.3) is 0 Å². The molecule has 0 heterocycles. The van der Waals surface area contributed by atoms with Gasteiger partial charge in [-0.25, -0.2) is 0 Å². The van der Waals surface area contributed by atoms with Crippen molar-refractivity contribution in [1.29, 1.82) is 0 Å². The Bertz CT molecular complexity index is 502. The van der Waals surface area contributed by atoms with Crippen LogP contribution in [-0.4, -0.2) is 23.0 Å². The Morgan fingerprint density at radius 3 is 2.75 bits per heavy atom. The minimum Gasteiger partial charge on any atom is -0.481 e. The molecule has 2 atom stereocenters. The Morgan fingerprint density at radius 1 is 1.30 bits per heavy atom. The van der Waals surface area contributed by atoms with Gasteiger partial charge in [-0.05, 0) is 30.5 Å². The molecule has 0 radical (unpaired) electrons. The van der Waals surface area contributed by atoms with Crippen molar-refractivity contribution in [2.24, 2.45) is 5.92 Å². The molecule has 1 saturated carbocycles. The maximum Gasteiger partial charge on any atom is 0.308 e. The first-order valence-corrected chi connectivity index (χ1v) is 6.93. The highest BCUT2D eigenvalue weighted by molar-refractivity contribution is 5.80. The van der Waals surface area contributed by atoms with Gasteiger partial charge in [0.2, 0.25) is 5.91 Å². The van der Waals surface area contributed by atoms with Gasteiger partial charge >= 0.3 is 5.97 Å². The van der Waals surface area contributed by atoms with E-state index >= 15 is 0 Å². The molecule has 1 aliphatic rings. The van der Waals surface area contributed by atoms with Gasteiger partial charge in [0, 0.05) is 11.7 Å². The van der Waals surface area contributed by atoms with Gasteiger partial charge < -0.3 is 16.2 Å². The second kappa shape index (κ2) is 6.41. The number of carbonyl (C=O) groups is 2. The van der Waals surface area contributed by atoms with Crippen molar-refractivity contribution in [1.82, 2.24) is 5.32 Å². The monoisotopic (exact) mass is 276 g/mol. The molecule has 0 aromatic heterocycles. The van der Waals surface area contributed by atoms with Gasteiger partial charge in [0.25, 0.3) is 0 Å². The average molecular weight is 276 g/mol. The van der Waals surface area contributed by atoms with Gasteiger partial charge in [-0.15, -0.1) is 0 Å². The molecule has 0 saturated heterocycles. The number of hydrogen-bond donors (Lipinski definition) is 3. The molecule has 0 bridgehead atoms. The lowest BCUT2D eigenvalue weighted by Gasteiger charge is -2.29. The summed E-state index contributed by atoms with van der Waals surface area (Å²) >= 11 is 0. The highest BCUT2D eigenvalue weighted by Gasteiger charge is 2.31. The summed E-state index contributed by atoms with van der Waals surface area (Å²) < 4.78 is 0. The molecule has 2 rings (SSSR count). The number of amides is 1. The predicted octanol–water partition coefficient (Wildman–Crippen LogP) is 1.57. The lowest BCUT2D eigenvalue weighted by Crippen LogP contribution is -2.45. The molecule has 1 aromatic carbocycles. The van der Waals surface area contributed by atoms with Crippen LogP contribution < -0.4 is 11.1 Å². The Balaban J connectivity index is 1.94. The number of nitrogen functional groups attached to an aromatic ring is 1. The van der Waals surface area contributed by atoms with Crippen molar-refractivity contribution in [3.63, 3.8) is 0 Å². The fourth-order valence-electron chi connectivity index (χ4n) is 2.75. The molecule has 108 valence electrons. The Labute approximate surface area is 118 Å². The number of carbonyl (C=O) groups excluding carboxylic acids is 1. The quantitative estimate of drug-likeness (QED) is 0.728. The van der Waals surface area contributed by atoms with Gasteiger partial charge in [-0.2, -0.15) is 0 Å². The average Bonchev–Trinajstić information content (AvgIpc) is 2.38. The number of nitrogens with two attached hydrogens (primary N) is 1. The number of hydrogen-bond acceptors (Lipinski definition) is 3. The molecule has 0 spiro atoms. The third kappa shape index (κ3) is 3.73. The number of anilines is 1. The maximum atomic E-state index is 12.0. The summed E-state index contributed by atoms with van der Waals surface area (Å²) in [5, 5.41) is 12.0. The predicted molar refractivity (Wildman–Crippen MR) is 76.1 cm³/mol. The van der Waals surface area contributed by atoms with E-state index in [1.807, 2.05) is 6.07 Å². The van der Waals surface area contributed by atoms with Gasteiger partial charge in [-0.1, -0.05) is 25.0 Å². The van der Waals surface area contributed by atoms with Crippen LogP contribution in [0.5, 0.6) is 0 Å². The topological polar surface area (TPSA) is 92.4 Å². The maximum absolute atomic E-state index is 12.0. The van der Waals surface area contributed by atoms with Crippen LogP contribution in [0.1, 0.15) is 31.2 Å². The summed E-state index contributed by atoms with van der Waals surface area (Å²) in [6, 6.07) is 6.91. The van der Waals surface area contributed by atoms with Crippen molar-refractivity contribution < 1.29 is 14.7 Å². The smallest absolute Gasteiger partial charge is 0.308 e. The van der Waals surface area contributed by atoms with Gasteiger partial charge in [0.1, 0.15) is 0 Å². The van der Waals surface area contributed by atoms with Crippen molar-refractivity contribution in [3.8, 4) is 0 Å². The summed E-state index contributed by atoms with van der Waals surface area (Å²) in [5.74, 6) is -1.43. The van der Waals surface area contributed by atoms with Crippen molar-refractivity contribution in [2.75, 3.05) is 5.73 Å². The molecule has 5 heteroatoms. The van der Waals surface area contributed by atoms with Crippen molar-refractivity contribution in [3.05, 3.63) is 29.8 Å². The van der Waals surface area contributed by atoms with Crippen LogP contribution in [-0.2, 0) is 16.0 Å². The second-order valence-corrected chi connectivity index (χ2v) is 5.33. The first-order valence-electron chi connectivity index (χ1n) is 6.93. The third-order valence-electron chi connectivity index (χ3n) is 3.75. The van der Waals surface area contributed by atoms with Crippen LogP contribution >= 0.6 is 0 Å². The summed E-state index contributed by atoms with van der Waals surface area (Å²) in [5.41, 5.74) is 7.13. The number of benzene rings is 1. The first-order chi connectivity index (χ1) is 9.56. The molecule has 5 nitrogen and oxygen atoms in total. The van der Waals surface area contributed by atoms with E-state index in [0.717, 1.165) is 24.8 Å². The van der Waals surface area contributed by atoms with Crippen LogP contribution in [0.3, 0.4) is 0 Å². The summed E-state index contributed by atoms with van der Waals surface area (Å²) in [6.45, 7) is 0. The Morgan fingerprint density at radius 2 is 2.05 bits per heavy atom. The number of carboxylic acid groups (broad SMARTS) is 1. The molecule has 1 amide bonds. The van der Waals surface area contributed by atoms with E-state index in [1.165, 1.54) is 0 Å². The summed E-state index contributed by atoms with van der Waals surface area (Å²) in [7, 11) is 0. The highest BCUT2D eigenvalue weighted by atomic mass is 16.4.